The summed E-state index contributed by atoms with van der Waals surface area (Å²) in [6.07, 6.45) is 3.80. The number of hydrogen-bond acceptors (Lipinski definition) is 2. The Morgan fingerprint density at radius 2 is 1.77 bits per heavy atom. The summed E-state index contributed by atoms with van der Waals surface area (Å²) in [4.78, 5) is 1.83. The lowest BCUT2D eigenvalue weighted by Gasteiger charge is -2.22. The molecule has 1 heterocycles. The molecule has 0 amide bonds. The van der Waals surface area contributed by atoms with Gasteiger partial charge in [-0.3, -0.25) is 0 Å². The Morgan fingerprint density at radius 1 is 1.12 bits per heavy atom. The molecule has 1 aliphatic rings. The first-order valence-electron chi connectivity index (χ1n) is 8.82. The van der Waals surface area contributed by atoms with Gasteiger partial charge >= 0.3 is 0 Å². The topological polar surface area (TPSA) is 26.5 Å². The van der Waals surface area contributed by atoms with Crippen molar-refractivity contribution in [3.05, 3.63) is 64.7 Å². The van der Waals surface area contributed by atoms with Gasteiger partial charge in [0.25, 0.3) is 0 Å². The van der Waals surface area contributed by atoms with Crippen LogP contribution in [-0.2, 0) is 5.41 Å². The van der Waals surface area contributed by atoms with Crippen molar-refractivity contribution in [1.82, 2.24) is 0 Å². The van der Waals surface area contributed by atoms with Crippen LogP contribution < -0.4 is 4.90 Å². The summed E-state index contributed by atoms with van der Waals surface area (Å²) in [7, 11) is 3.98. The van der Waals surface area contributed by atoms with Crippen molar-refractivity contribution in [2.45, 2.75) is 32.4 Å². The fraction of sp³-hybridized carbons (Fsp3) is 0.318. The SMILES string of the molecule is CC(O)N(C)c1ccc(/C=C/C2=[N+](C)c3ccc(Cl)cc3C2(C)C)cc1. The quantitative estimate of drug-likeness (QED) is 0.617. The molecule has 1 unspecified atom stereocenters. The van der Waals surface area contributed by atoms with Crippen molar-refractivity contribution < 1.29 is 9.68 Å². The third kappa shape index (κ3) is 3.29. The first kappa shape index (κ1) is 18.7. The Balaban J connectivity index is 1.88. The molecule has 0 aromatic heterocycles. The van der Waals surface area contributed by atoms with Gasteiger partial charge in [0.1, 0.15) is 13.3 Å². The zero-order valence-electron chi connectivity index (χ0n) is 16.0. The predicted octanol–water partition coefficient (Wildman–Crippen LogP) is 4.83. The molecule has 2 aromatic carbocycles. The van der Waals surface area contributed by atoms with Gasteiger partial charge < -0.3 is 10.0 Å². The molecule has 1 N–H and O–H groups in total. The number of benzene rings is 2. The first-order chi connectivity index (χ1) is 12.2. The summed E-state index contributed by atoms with van der Waals surface area (Å²) in [5.41, 5.74) is 5.70. The minimum atomic E-state index is -0.509. The molecule has 0 spiro atoms. The van der Waals surface area contributed by atoms with E-state index in [1.807, 2.05) is 30.1 Å². The second-order valence-corrected chi connectivity index (χ2v) is 7.83. The van der Waals surface area contributed by atoms with Gasteiger partial charge in [0, 0.05) is 35.5 Å². The van der Waals surface area contributed by atoms with E-state index in [0.29, 0.717) is 0 Å². The molecule has 0 bridgehead atoms. The second-order valence-electron chi connectivity index (χ2n) is 7.40. The lowest BCUT2D eigenvalue weighted by atomic mass is 9.81. The average molecular weight is 370 g/mol. The lowest BCUT2D eigenvalue weighted by Crippen LogP contribution is -2.27. The minimum absolute atomic E-state index is 0.0992. The van der Waals surface area contributed by atoms with Gasteiger partial charge in [-0.2, -0.15) is 4.58 Å². The van der Waals surface area contributed by atoms with Crippen LogP contribution in [-0.4, -0.2) is 35.7 Å². The largest absolute Gasteiger partial charge is 0.374 e. The van der Waals surface area contributed by atoms with Crippen molar-refractivity contribution in [2.24, 2.45) is 0 Å². The summed E-state index contributed by atoms with van der Waals surface area (Å²) >= 11 is 6.21. The molecule has 3 rings (SSSR count). The maximum Gasteiger partial charge on any atom is 0.209 e. The Labute approximate surface area is 160 Å². The van der Waals surface area contributed by atoms with E-state index in [-0.39, 0.29) is 5.41 Å². The zero-order valence-corrected chi connectivity index (χ0v) is 16.7. The predicted molar refractivity (Wildman–Crippen MR) is 111 cm³/mol. The van der Waals surface area contributed by atoms with Gasteiger partial charge in [-0.25, -0.2) is 0 Å². The van der Waals surface area contributed by atoms with E-state index in [2.05, 4.69) is 61.9 Å². The number of rotatable bonds is 4. The smallest absolute Gasteiger partial charge is 0.209 e. The molecule has 1 aliphatic heterocycles. The Morgan fingerprint density at radius 3 is 2.38 bits per heavy atom. The maximum atomic E-state index is 9.68. The van der Waals surface area contributed by atoms with Crippen LogP contribution in [0.3, 0.4) is 0 Å². The van der Waals surface area contributed by atoms with Gasteiger partial charge in [0.15, 0.2) is 5.71 Å². The molecule has 136 valence electrons. The van der Waals surface area contributed by atoms with Crippen molar-refractivity contribution in [3.8, 4) is 0 Å². The molecule has 0 aliphatic carbocycles. The molecule has 26 heavy (non-hydrogen) atoms. The van der Waals surface area contributed by atoms with Crippen molar-refractivity contribution in [2.75, 3.05) is 19.0 Å². The molecule has 0 radical (unpaired) electrons. The summed E-state index contributed by atoms with van der Waals surface area (Å²) in [6.45, 7) is 6.21. The van der Waals surface area contributed by atoms with Crippen LogP contribution in [0.5, 0.6) is 0 Å². The third-order valence-electron chi connectivity index (χ3n) is 5.29. The molecule has 0 saturated heterocycles. The van der Waals surface area contributed by atoms with E-state index in [4.69, 9.17) is 11.6 Å². The molecule has 3 nitrogen and oxygen atoms in total. The number of aliphatic hydroxyl groups is 1. The van der Waals surface area contributed by atoms with Crippen LogP contribution >= 0.6 is 11.6 Å². The highest BCUT2D eigenvalue weighted by molar-refractivity contribution is 6.30. The van der Waals surface area contributed by atoms with E-state index < -0.39 is 6.23 Å². The number of halogens is 1. The van der Waals surface area contributed by atoms with Gasteiger partial charge in [-0.15, -0.1) is 0 Å². The van der Waals surface area contributed by atoms with Gasteiger partial charge in [-0.05, 0) is 56.7 Å². The number of anilines is 1. The monoisotopic (exact) mass is 369 g/mol. The molecule has 2 aromatic rings. The summed E-state index contributed by atoms with van der Waals surface area (Å²) in [5, 5.41) is 10.4. The minimum Gasteiger partial charge on any atom is -0.374 e. The molecular formula is C22H26ClN2O+. The van der Waals surface area contributed by atoms with Crippen LogP contribution in [0.1, 0.15) is 31.9 Å². The third-order valence-corrected chi connectivity index (χ3v) is 5.52. The summed E-state index contributed by atoms with van der Waals surface area (Å²) < 4.78 is 2.23. The number of allylic oxidation sites excluding steroid dienone is 1. The molecule has 0 saturated carbocycles. The maximum absolute atomic E-state index is 9.68. The van der Waals surface area contributed by atoms with E-state index in [0.717, 1.165) is 16.3 Å². The molecule has 0 fully saturated rings. The van der Waals surface area contributed by atoms with E-state index >= 15 is 0 Å². The van der Waals surface area contributed by atoms with E-state index in [9.17, 15) is 5.11 Å². The van der Waals surface area contributed by atoms with Gasteiger partial charge in [-0.1, -0.05) is 23.7 Å². The van der Waals surface area contributed by atoms with Crippen LogP contribution in [0.4, 0.5) is 11.4 Å². The van der Waals surface area contributed by atoms with Gasteiger partial charge in [0.2, 0.25) is 5.69 Å². The normalized spacial score (nSPS) is 16.9. The molecule has 1 atom stereocenters. The fourth-order valence-electron chi connectivity index (χ4n) is 3.52. The molecular weight excluding hydrogens is 344 g/mol. The van der Waals surface area contributed by atoms with Crippen molar-refractivity contribution >= 4 is 34.8 Å². The lowest BCUT2D eigenvalue weighted by molar-refractivity contribution is -0.401. The van der Waals surface area contributed by atoms with Crippen LogP contribution in [0.2, 0.25) is 5.02 Å². The number of nitrogens with zero attached hydrogens (tertiary/aromatic N) is 2. The van der Waals surface area contributed by atoms with Gasteiger partial charge in [0.05, 0.1) is 5.41 Å². The standard InChI is InChI=1S/C22H26ClN2O/c1-15(26)24(4)18-10-6-16(7-11-18)8-13-21-22(2,3)19-14-17(23)9-12-20(19)25(21)5/h6-15,26H,1-5H3/q+1. The van der Waals surface area contributed by atoms with E-state index in [1.54, 1.807) is 6.92 Å². The van der Waals surface area contributed by atoms with Crippen LogP contribution in [0, 0.1) is 0 Å². The summed E-state index contributed by atoms with van der Waals surface area (Å²) in [6, 6.07) is 14.3. The summed E-state index contributed by atoms with van der Waals surface area (Å²) in [5.74, 6) is 0. The Hall–Kier alpha value is -2.10. The second kappa shape index (κ2) is 6.90. The number of fused-ring (bicyclic) bond motifs is 1. The van der Waals surface area contributed by atoms with Crippen molar-refractivity contribution in [3.63, 3.8) is 0 Å². The van der Waals surface area contributed by atoms with Crippen LogP contribution in [0.15, 0.2) is 48.5 Å². The number of aliphatic hydroxyl groups excluding tert-OH is 1. The Kier molecular flexibility index (Phi) is 4.96. The first-order valence-corrected chi connectivity index (χ1v) is 9.20. The van der Waals surface area contributed by atoms with Crippen molar-refractivity contribution in [1.29, 1.82) is 0 Å². The fourth-order valence-corrected chi connectivity index (χ4v) is 3.69. The zero-order chi connectivity index (χ0) is 19.1. The average Bonchev–Trinajstić information content (AvgIpc) is 2.79. The molecule has 4 heteroatoms. The highest BCUT2D eigenvalue weighted by atomic mass is 35.5. The van der Waals surface area contributed by atoms with E-state index in [1.165, 1.54) is 17.0 Å². The highest BCUT2D eigenvalue weighted by Gasteiger charge is 2.42. The van der Waals surface area contributed by atoms with Crippen LogP contribution in [0.25, 0.3) is 6.08 Å². The Bertz CT molecular complexity index is 880. The number of hydrogen-bond donors (Lipinski definition) is 1. The highest BCUT2D eigenvalue weighted by Crippen LogP contribution is 2.40.